The lowest BCUT2D eigenvalue weighted by Crippen LogP contribution is -2.04. The maximum Gasteiger partial charge on any atom is 0.191 e. The van der Waals surface area contributed by atoms with Crippen molar-refractivity contribution in [3.8, 4) is 22.9 Å². The number of benzene rings is 1. The Kier molecular flexibility index (Phi) is 6.01. The van der Waals surface area contributed by atoms with E-state index in [0.717, 1.165) is 39.6 Å². The van der Waals surface area contributed by atoms with E-state index < -0.39 is 0 Å². The molecule has 2 heterocycles. The van der Waals surface area contributed by atoms with Crippen molar-refractivity contribution >= 4 is 11.8 Å². The van der Waals surface area contributed by atoms with Gasteiger partial charge in [-0.3, -0.25) is 4.57 Å². The maximum absolute atomic E-state index is 5.81. The van der Waals surface area contributed by atoms with Crippen molar-refractivity contribution in [1.29, 1.82) is 0 Å². The number of rotatable bonds is 9. The lowest BCUT2D eigenvalue weighted by atomic mass is 10.2. The van der Waals surface area contributed by atoms with Gasteiger partial charge in [0.1, 0.15) is 5.76 Å². The van der Waals surface area contributed by atoms with Crippen molar-refractivity contribution in [1.82, 2.24) is 14.8 Å². The van der Waals surface area contributed by atoms with Crippen LogP contribution >= 0.6 is 11.8 Å². The minimum Gasteiger partial charge on any atom is -0.493 e. The number of aryl methyl sites for hydroxylation is 1. The highest BCUT2D eigenvalue weighted by Gasteiger charge is 2.16. The molecule has 2 aromatic heterocycles. The van der Waals surface area contributed by atoms with Crippen LogP contribution < -0.4 is 9.47 Å². The van der Waals surface area contributed by atoms with Crippen molar-refractivity contribution in [2.75, 3.05) is 19.5 Å². The van der Waals surface area contributed by atoms with E-state index in [1.54, 1.807) is 25.1 Å². The molecule has 0 radical (unpaired) electrons. The summed E-state index contributed by atoms with van der Waals surface area (Å²) in [7, 11) is 1.63. The predicted octanol–water partition coefficient (Wildman–Crippen LogP) is 4.21. The fraction of sp³-hybridized carbons (Fsp3) is 0.263. The lowest BCUT2D eigenvalue weighted by molar-refractivity contribution is 0.313. The van der Waals surface area contributed by atoms with Crippen LogP contribution in [0, 0.1) is 6.92 Å². The number of furan rings is 1. The molecule has 0 spiro atoms. The first-order valence-corrected chi connectivity index (χ1v) is 9.20. The van der Waals surface area contributed by atoms with E-state index in [1.807, 2.05) is 47.9 Å². The normalized spacial score (nSPS) is 10.7. The van der Waals surface area contributed by atoms with Crippen molar-refractivity contribution in [3.05, 3.63) is 55.0 Å². The Balaban J connectivity index is 1.66. The highest BCUT2D eigenvalue weighted by molar-refractivity contribution is 7.99. The highest BCUT2D eigenvalue weighted by Crippen LogP contribution is 2.28. The molecule has 0 aliphatic carbocycles. The molecule has 0 aliphatic heterocycles. The average Bonchev–Trinajstić information content (AvgIpc) is 3.25. The van der Waals surface area contributed by atoms with Crippen LogP contribution in [-0.4, -0.2) is 34.2 Å². The molecule has 0 aliphatic rings. The standard InChI is InChI=1S/C19H21N3O3S/c1-4-10-22-18(15-9-11-24-14(15)2)20-21-19(22)26-13-12-25-17-8-6-5-7-16(17)23-3/h4-9,11H,1,10,12-13H2,2-3H3. The second-order valence-corrected chi connectivity index (χ2v) is 6.51. The zero-order valence-electron chi connectivity index (χ0n) is 14.8. The summed E-state index contributed by atoms with van der Waals surface area (Å²) in [6.07, 6.45) is 3.49. The van der Waals surface area contributed by atoms with Gasteiger partial charge in [-0.15, -0.1) is 16.8 Å². The quantitative estimate of drug-likeness (QED) is 0.319. The summed E-state index contributed by atoms with van der Waals surface area (Å²) in [4.78, 5) is 0. The molecule has 1 aromatic carbocycles. The molecule has 7 heteroatoms. The number of ether oxygens (including phenoxy) is 2. The van der Waals surface area contributed by atoms with Crippen LogP contribution in [0.5, 0.6) is 11.5 Å². The Morgan fingerprint density at radius 3 is 2.73 bits per heavy atom. The van der Waals surface area contributed by atoms with Gasteiger partial charge in [-0.2, -0.15) is 0 Å². The molecule has 0 amide bonds. The monoisotopic (exact) mass is 371 g/mol. The minimum absolute atomic E-state index is 0.534. The first kappa shape index (κ1) is 18.1. The Morgan fingerprint density at radius 2 is 2.04 bits per heavy atom. The second-order valence-electron chi connectivity index (χ2n) is 5.44. The zero-order valence-corrected chi connectivity index (χ0v) is 15.7. The third-order valence-electron chi connectivity index (χ3n) is 3.77. The Hall–Kier alpha value is -2.67. The number of hydrogen-bond donors (Lipinski definition) is 0. The minimum atomic E-state index is 0.534. The van der Waals surface area contributed by atoms with Crippen molar-refractivity contribution < 1.29 is 13.9 Å². The molecular weight excluding hydrogens is 350 g/mol. The Morgan fingerprint density at radius 1 is 1.23 bits per heavy atom. The molecule has 0 unspecified atom stereocenters. The van der Waals surface area contributed by atoms with Crippen molar-refractivity contribution in [2.24, 2.45) is 0 Å². The molecule has 3 rings (SSSR count). The van der Waals surface area contributed by atoms with Crippen LogP contribution in [0.3, 0.4) is 0 Å². The van der Waals surface area contributed by atoms with Gasteiger partial charge in [0.15, 0.2) is 22.5 Å². The summed E-state index contributed by atoms with van der Waals surface area (Å²) in [5, 5.41) is 9.47. The fourth-order valence-electron chi connectivity index (χ4n) is 2.53. The van der Waals surface area contributed by atoms with Crippen LogP contribution in [0.2, 0.25) is 0 Å². The summed E-state index contributed by atoms with van der Waals surface area (Å²) in [6.45, 7) is 6.90. The molecule has 3 aromatic rings. The smallest absolute Gasteiger partial charge is 0.191 e. The van der Waals surface area contributed by atoms with E-state index in [9.17, 15) is 0 Å². The van der Waals surface area contributed by atoms with Crippen LogP contribution in [0.1, 0.15) is 5.76 Å². The number of thioether (sulfide) groups is 1. The second kappa shape index (κ2) is 8.62. The zero-order chi connectivity index (χ0) is 18.4. The third-order valence-corrected chi connectivity index (χ3v) is 4.70. The molecule has 136 valence electrons. The summed E-state index contributed by atoms with van der Waals surface area (Å²) in [6, 6.07) is 9.51. The van der Waals surface area contributed by atoms with Crippen LogP contribution in [-0.2, 0) is 6.54 Å². The van der Waals surface area contributed by atoms with Crippen LogP contribution in [0.15, 0.2) is 58.8 Å². The topological polar surface area (TPSA) is 62.3 Å². The Labute approximate surface area is 156 Å². The van der Waals surface area contributed by atoms with E-state index in [1.165, 1.54) is 0 Å². The highest BCUT2D eigenvalue weighted by atomic mass is 32.2. The molecule has 0 saturated heterocycles. The Bertz CT molecular complexity index is 873. The molecule has 6 nitrogen and oxygen atoms in total. The first-order valence-electron chi connectivity index (χ1n) is 8.21. The number of para-hydroxylation sites is 2. The third kappa shape index (κ3) is 3.94. The van der Waals surface area contributed by atoms with E-state index in [2.05, 4.69) is 16.8 Å². The van der Waals surface area contributed by atoms with Gasteiger partial charge in [-0.25, -0.2) is 0 Å². The van der Waals surface area contributed by atoms with E-state index in [-0.39, 0.29) is 0 Å². The predicted molar refractivity (Wildman–Crippen MR) is 102 cm³/mol. The van der Waals surface area contributed by atoms with E-state index >= 15 is 0 Å². The summed E-state index contributed by atoms with van der Waals surface area (Å²) in [5.41, 5.74) is 0.941. The van der Waals surface area contributed by atoms with Gasteiger partial charge in [0.05, 0.1) is 25.5 Å². The van der Waals surface area contributed by atoms with Gasteiger partial charge in [0.25, 0.3) is 0 Å². The van der Waals surface area contributed by atoms with Gasteiger partial charge in [-0.1, -0.05) is 30.0 Å². The summed E-state index contributed by atoms with van der Waals surface area (Å²) in [5.74, 6) is 3.79. The maximum atomic E-state index is 5.81. The van der Waals surface area contributed by atoms with Crippen molar-refractivity contribution in [3.63, 3.8) is 0 Å². The van der Waals surface area contributed by atoms with Gasteiger partial charge in [0, 0.05) is 12.3 Å². The number of nitrogens with zero attached hydrogens (tertiary/aromatic N) is 3. The van der Waals surface area contributed by atoms with Crippen LogP contribution in [0.25, 0.3) is 11.4 Å². The fourth-order valence-corrected chi connectivity index (χ4v) is 3.29. The average molecular weight is 371 g/mol. The molecule has 0 saturated carbocycles. The summed E-state index contributed by atoms with van der Waals surface area (Å²) < 4.78 is 18.5. The lowest BCUT2D eigenvalue weighted by Gasteiger charge is -2.10. The number of hydrogen-bond acceptors (Lipinski definition) is 6. The molecule has 0 N–H and O–H groups in total. The SMILES string of the molecule is C=CCn1c(SCCOc2ccccc2OC)nnc1-c1ccoc1C. The van der Waals surface area contributed by atoms with Gasteiger partial charge in [0.2, 0.25) is 0 Å². The molecule has 0 atom stereocenters. The molecular formula is C19H21N3O3S. The summed E-state index contributed by atoms with van der Waals surface area (Å²) >= 11 is 1.59. The van der Waals surface area contributed by atoms with Gasteiger partial charge in [-0.05, 0) is 25.1 Å². The molecule has 26 heavy (non-hydrogen) atoms. The number of allylic oxidation sites excluding steroid dienone is 1. The molecule has 0 fully saturated rings. The largest absolute Gasteiger partial charge is 0.493 e. The first-order chi connectivity index (χ1) is 12.7. The van der Waals surface area contributed by atoms with Gasteiger partial charge < -0.3 is 13.9 Å². The van der Waals surface area contributed by atoms with Gasteiger partial charge >= 0.3 is 0 Å². The number of methoxy groups -OCH3 is 1. The van der Waals surface area contributed by atoms with E-state index in [4.69, 9.17) is 13.9 Å². The van der Waals surface area contributed by atoms with E-state index in [0.29, 0.717) is 13.2 Å². The van der Waals surface area contributed by atoms with Crippen molar-refractivity contribution in [2.45, 2.75) is 18.6 Å². The molecule has 0 bridgehead atoms. The van der Waals surface area contributed by atoms with Crippen LogP contribution in [0.4, 0.5) is 0 Å². The number of aromatic nitrogens is 3.